The van der Waals surface area contributed by atoms with Crippen molar-refractivity contribution in [2.45, 2.75) is 66.7 Å². The van der Waals surface area contributed by atoms with Gasteiger partial charge in [-0.15, -0.1) is 0 Å². The molecular formula is C28H27F8NO4S. The molecule has 14 heteroatoms. The number of alkyl halides is 7. The van der Waals surface area contributed by atoms with E-state index in [2.05, 4.69) is 0 Å². The molecule has 0 bridgehead atoms. The van der Waals surface area contributed by atoms with Crippen molar-refractivity contribution in [2.24, 2.45) is 11.8 Å². The monoisotopic (exact) mass is 625 g/mol. The van der Waals surface area contributed by atoms with Gasteiger partial charge in [0.2, 0.25) is 5.91 Å². The number of rotatable bonds is 7. The Morgan fingerprint density at radius 2 is 1.36 bits per heavy atom. The number of amides is 1. The molecule has 4 rings (SSSR count). The van der Waals surface area contributed by atoms with Gasteiger partial charge < -0.3 is 4.90 Å². The first-order valence-corrected chi connectivity index (χ1v) is 14.5. The minimum atomic E-state index is -6.34. The summed E-state index contributed by atoms with van der Waals surface area (Å²) in [6.07, 6.45) is -12.2. The zero-order valence-corrected chi connectivity index (χ0v) is 23.1. The Hall–Kier alpha value is -3.03. The Kier molecular flexibility index (Phi) is 8.29. The van der Waals surface area contributed by atoms with E-state index < -0.39 is 49.9 Å². The zero-order valence-electron chi connectivity index (χ0n) is 22.2. The average Bonchev–Trinajstić information content (AvgIpc) is 2.89. The van der Waals surface area contributed by atoms with Crippen molar-refractivity contribution in [1.82, 2.24) is 4.90 Å². The van der Waals surface area contributed by atoms with Gasteiger partial charge in [0.15, 0.2) is 9.84 Å². The number of Topliss-reactive ketones (excluding diaryl/α,β-unsaturated/α-hetero) is 1. The molecule has 1 amide bonds. The molecule has 1 saturated carbocycles. The average molecular weight is 626 g/mol. The highest BCUT2D eigenvalue weighted by atomic mass is 32.2. The van der Waals surface area contributed by atoms with Crippen LogP contribution in [-0.2, 0) is 29.8 Å². The summed E-state index contributed by atoms with van der Waals surface area (Å²) in [5.74, 6) is -1.81. The van der Waals surface area contributed by atoms with Gasteiger partial charge in [0.05, 0.1) is 4.90 Å². The second-order valence-corrected chi connectivity index (χ2v) is 13.2. The fourth-order valence-electron chi connectivity index (χ4n) is 5.93. The molecule has 0 N–H and O–H groups in total. The van der Waals surface area contributed by atoms with Crippen molar-refractivity contribution in [3.05, 3.63) is 65.5 Å². The molecule has 2 fully saturated rings. The van der Waals surface area contributed by atoms with Gasteiger partial charge in [0.1, 0.15) is 16.3 Å². The maximum Gasteiger partial charge on any atom is 0.435 e. The second-order valence-electron chi connectivity index (χ2n) is 10.9. The molecule has 1 saturated heterocycles. The molecule has 0 radical (unpaired) electrons. The SMILES string of the molecule is CC(=O)N1CCC(C(=O)CC2CC(c3ccc(C(F)(C(F)(F)F)C(F)(F)F)cc3)(S(=O)(=O)c3ccc(F)cc3)C2)CC1. The van der Waals surface area contributed by atoms with Crippen molar-refractivity contribution in [3.63, 3.8) is 0 Å². The normalized spacial score (nSPS) is 22.5. The second kappa shape index (κ2) is 10.9. The molecule has 1 aliphatic heterocycles. The van der Waals surface area contributed by atoms with Crippen molar-refractivity contribution in [1.29, 1.82) is 0 Å². The number of carbonyl (C=O) groups is 2. The Morgan fingerprint density at radius 1 is 0.857 bits per heavy atom. The Bertz CT molecular complexity index is 1410. The molecule has 0 unspecified atom stereocenters. The number of hydrogen-bond acceptors (Lipinski definition) is 4. The van der Waals surface area contributed by atoms with E-state index >= 15 is 0 Å². The molecule has 2 aliphatic rings. The number of sulfone groups is 1. The number of likely N-dealkylation sites (tertiary alicyclic amines) is 1. The maximum atomic E-state index is 14.6. The van der Waals surface area contributed by atoms with Crippen LogP contribution >= 0.6 is 0 Å². The fourth-order valence-corrected chi connectivity index (χ4v) is 8.23. The van der Waals surface area contributed by atoms with Crippen LogP contribution in [-0.4, -0.2) is 50.5 Å². The van der Waals surface area contributed by atoms with E-state index in [1.165, 1.54) is 6.92 Å². The van der Waals surface area contributed by atoms with E-state index in [1.54, 1.807) is 4.90 Å². The number of benzene rings is 2. The largest absolute Gasteiger partial charge is 0.435 e. The molecule has 0 atom stereocenters. The molecule has 0 spiro atoms. The first-order chi connectivity index (χ1) is 19.3. The lowest BCUT2D eigenvalue weighted by Gasteiger charge is -2.47. The molecule has 42 heavy (non-hydrogen) atoms. The van der Waals surface area contributed by atoms with Gasteiger partial charge in [-0.05, 0) is 61.4 Å². The third-order valence-electron chi connectivity index (χ3n) is 8.35. The number of ketones is 1. The minimum absolute atomic E-state index is 0.0146. The van der Waals surface area contributed by atoms with E-state index in [1.807, 2.05) is 0 Å². The summed E-state index contributed by atoms with van der Waals surface area (Å²) in [7, 11) is -4.41. The van der Waals surface area contributed by atoms with E-state index in [-0.39, 0.29) is 59.5 Å². The zero-order chi connectivity index (χ0) is 31.3. The first-order valence-electron chi connectivity index (χ1n) is 13.1. The van der Waals surface area contributed by atoms with Gasteiger partial charge in [-0.25, -0.2) is 17.2 Å². The van der Waals surface area contributed by atoms with Gasteiger partial charge in [-0.2, -0.15) is 26.3 Å². The smallest absolute Gasteiger partial charge is 0.343 e. The van der Waals surface area contributed by atoms with Gasteiger partial charge in [0.25, 0.3) is 0 Å². The van der Waals surface area contributed by atoms with E-state index in [0.717, 1.165) is 36.4 Å². The molecule has 0 aromatic heterocycles. The number of hydrogen-bond donors (Lipinski definition) is 0. The standard InChI is InChI=1S/C28H27F8NO4S/c1-17(38)37-12-10-19(11-13-37)24(39)14-18-15-25(16-18,42(40,41)23-8-6-22(29)7-9-23)20-2-4-21(5-3-20)26(30,27(31,32)33)28(34,35)36/h2-9,18-19H,10-16H2,1H3. The third kappa shape index (κ3) is 5.42. The predicted octanol–water partition coefficient (Wildman–Crippen LogP) is 6.41. The van der Waals surface area contributed by atoms with E-state index in [4.69, 9.17) is 0 Å². The third-order valence-corrected chi connectivity index (χ3v) is 10.8. The summed E-state index contributed by atoms with van der Waals surface area (Å²) in [5.41, 5.74) is -7.63. The van der Waals surface area contributed by atoms with Crippen LogP contribution in [0.5, 0.6) is 0 Å². The van der Waals surface area contributed by atoms with Crippen LogP contribution in [0, 0.1) is 17.7 Å². The summed E-state index contributed by atoms with van der Waals surface area (Å²) in [6, 6.07) is 5.72. The van der Waals surface area contributed by atoms with Crippen molar-refractivity contribution >= 4 is 21.5 Å². The Labute approximate surface area is 236 Å². The summed E-state index contributed by atoms with van der Waals surface area (Å²) in [6.45, 7) is 2.22. The topological polar surface area (TPSA) is 71.5 Å². The highest BCUT2D eigenvalue weighted by Gasteiger charge is 2.73. The Balaban J connectivity index is 1.64. The molecule has 1 heterocycles. The summed E-state index contributed by atoms with van der Waals surface area (Å²) >= 11 is 0. The molecule has 1 aliphatic carbocycles. The van der Waals surface area contributed by atoms with Crippen LogP contribution in [0.25, 0.3) is 0 Å². The van der Waals surface area contributed by atoms with Gasteiger partial charge in [-0.1, -0.05) is 24.3 Å². The maximum absolute atomic E-state index is 14.6. The molecule has 2 aromatic rings. The molecule has 2 aromatic carbocycles. The van der Waals surface area contributed by atoms with Crippen LogP contribution < -0.4 is 0 Å². The van der Waals surface area contributed by atoms with Crippen LogP contribution in [0.3, 0.4) is 0 Å². The first kappa shape index (κ1) is 31.9. The lowest BCUT2D eigenvalue weighted by molar-refractivity contribution is -0.348. The van der Waals surface area contributed by atoms with Gasteiger partial charge >= 0.3 is 18.0 Å². The molecule has 230 valence electrons. The van der Waals surface area contributed by atoms with E-state index in [9.17, 15) is 53.1 Å². The van der Waals surface area contributed by atoms with Crippen LogP contribution in [0.1, 0.15) is 50.2 Å². The van der Waals surface area contributed by atoms with Gasteiger partial charge in [-0.3, -0.25) is 9.59 Å². The van der Waals surface area contributed by atoms with Crippen LogP contribution in [0.15, 0.2) is 53.4 Å². The summed E-state index contributed by atoms with van der Waals surface area (Å²) in [5, 5.41) is 0. The van der Waals surface area contributed by atoms with Gasteiger partial charge in [0, 0.05) is 37.9 Å². The lowest BCUT2D eigenvalue weighted by Crippen LogP contribution is -2.51. The lowest BCUT2D eigenvalue weighted by atomic mass is 9.67. The minimum Gasteiger partial charge on any atom is -0.343 e. The van der Waals surface area contributed by atoms with Crippen LogP contribution in [0.4, 0.5) is 35.1 Å². The number of halogens is 8. The quantitative estimate of drug-likeness (QED) is 0.263. The van der Waals surface area contributed by atoms with Crippen molar-refractivity contribution in [2.75, 3.05) is 13.1 Å². The number of piperidine rings is 1. The fraction of sp³-hybridized carbons (Fsp3) is 0.500. The Morgan fingerprint density at radius 3 is 1.81 bits per heavy atom. The summed E-state index contributed by atoms with van der Waals surface area (Å²) in [4.78, 5) is 25.8. The number of carbonyl (C=O) groups excluding carboxylic acids is 2. The summed E-state index contributed by atoms with van der Waals surface area (Å²) < 4.78 is 133. The highest BCUT2D eigenvalue weighted by molar-refractivity contribution is 7.92. The highest BCUT2D eigenvalue weighted by Crippen LogP contribution is 2.57. The van der Waals surface area contributed by atoms with Crippen molar-refractivity contribution in [3.8, 4) is 0 Å². The van der Waals surface area contributed by atoms with Crippen molar-refractivity contribution < 1.29 is 53.1 Å². The molecular weight excluding hydrogens is 598 g/mol. The van der Waals surface area contributed by atoms with E-state index in [0.29, 0.717) is 25.9 Å². The number of nitrogens with zero attached hydrogens (tertiary/aromatic N) is 1. The predicted molar refractivity (Wildman–Crippen MR) is 134 cm³/mol. The molecule has 5 nitrogen and oxygen atoms in total. The van der Waals surface area contributed by atoms with Crippen LogP contribution in [0.2, 0.25) is 0 Å².